The van der Waals surface area contributed by atoms with Crippen LogP contribution in [0.5, 0.6) is 11.5 Å². The van der Waals surface area contributed by atoms with Gasteiger partial charge in [0.05, 0.1) is 11.6 Å². The Morgan fingerprint density at radius 2 is 1.66 bits per heavy atom. The second kappa shape index (κ2) is 12.0. The van der Waals surface area contributed by atoms with Crippen molar-refractivity contribution >= 4 is 17.4 Å². The van der Waals surface area contributed by atoms with Gasteiger partial charge in [0.1, 0.15) is 23.9 Å². The van der Waals surface area contributed by atoms with Gasteiger partial charge in [0.15, 0.2) is 0 Å². The van der Waals surface area contributed by atoms with Gasteiger partial charge in [-0.3, -0.25) is 9.59 Å². The molecule has 1 aliphatic rings. The summed E-state index contributed by atoms with van der Waals surface area (Å²) < 4.78 is 5.96. The summed E-state index contributed by atoms with van der Waals surface area (Å²) in [4.78, 5) is 30.1. The number of ether oxygens (including phenoxy) is 1. The number of hydrogen-bond donors (Lipinski definition) is 2. The Kier molecular flexibility index (Phi) is 8.48. The number of hydrogen-bond acceptors (Lipinski definition) is 6. The fraction of sp³-hybridized carbons (Fsp3) is 0.290. The molecule has 0 aliphatic carbocycles. The molecule has 0 aromatic heterocycles. The average Bonchev–Trinajstić information content (AvgIpc) is 3.18. The number of benzene rings is 3. The van der Waals surface area contributed by atoms with E-state index in [2.05, 4.69) is 4.90 Å². The van der Waals surface area contributed by atoms with E-state index in [1.54, 1.807) is 30.3 Å². The molecule has 0 saturated carbocycles. The van der Waals surface area contributed by atoms with Crippen molar-refractivity contribution in [3.63, 3.8) is 0 Å². The Labute approximate surface area is 223 Å². The van der Waals surface area contributed by atoms with Crippen LogP contribution in [0.3, 0.4) is 0 Å². The quantitative estimate of drug-likeness (QED) is 0.224. The van der Waals surface area contributed by atoms with Crippen LogP contribution in [0.15, 0.2) is 78.4 Å². The molecule has 38 heavy (non-hydrogen) atoms. The molecule has 2 N–H and O–H groups in total. The SMILES string of the molecule is CCN(CC)CCN1C(=O)C(=O)C(=C(O)c2ccc(OCc3ccccc3)c(C)c2)[C@@H]1c1ccc(O)cc1. The first-order valence-electron chi connectivity index (χ1n) is 12.9. The predicted octanol–water partition coefficient (Wildman–Crippen LogP) is 5.04. The Hall–Kier alpha value is -4.10. The molecular weight excluding hydrogens is 480 g/mol. The van der Waals surface area contributed by atoms with Crippen LogP contribution in [0.25, 0.3) is 5.76 Å². The third-order valence-corrected chi connectivity index (χ3v) is 6.99. The summed E-state index contributed by atoms with van der Waals surface area (Å²) in [5.74, 6) is -0.848. The van der Waals surface area contributed by atoms with Gasteiger partial charge in [-0.25, -0.2) is 0 Å². The van der Waals surface area contributed by atoms with Gasteiger partial charge in [0, 0.05) is 18.7 Å². The van der Waals surface area contributed by atoms with Crippen molar-refractivity contribution in [2.45, 2.75) is 33.4 Å². The van der Waals surface area contributed by atoms with Crippen LogP contribution in [0.1, 0.15) is 42.1 Å². The number of likely N-dealkylation sites (N-methyl/N-ethyl adjacent to an activating group) is 1. The van der Waals surface area contributed by atoms with Gasteiger partial charge in [0.25, 0.3) is 11.7 Å². The summed E-state index contributed by atoms with van der Waals surface area (Å²) in [5, 5.41) is 21.2. The molecule has 1 atom stereocenters. The second-order valence-corrected chi connectivity index (χ2v) is 9.37. The summed E-state index contributed by atoms with van der Waals surface area (Å²) >= 11 is 0. The fourth-order valence-electron chi connectivity index (χ4n) is 4.75. The molecule has 0 unspecified atom stereocenters. The number of ketones is 1. The Bertz CT molecular complexity index is 1310. The summed E-state index contributed by atoms with van der Waals surface area (Å²) in [6, 6.07) is 20.7. The maximum atomic E-state index is 13.3. The van der Waals surface area contributed by atoms with Gasteiger partial charge in [-0.1, -0.05) is 56.3 Å². The van der Waals surface area contributed by atoms with E-state index in [-0.39, 0.29) is 17.1 Å². The van der Waals surface area contributed by atoms with Crippen molar-refractivity contribution in [1.29, 1.82) is 0 Å². The van der Waals surface area contributed by atoms with Gasteiger partial charge in [-0.05, 0) is 67.0 Å². The molecule has 7 nitrogen and oxygen atoms in total. The zero-order chi connectivity index (χ0) is 27.2. The molecule has 0 spiro atoms. The number of aliphatic hydroxyl groups is 1. The normalized spacial score (nSPS) is 16.8. The van der Waals surface area contributed by atoms with Crippen molar-refractivity contribution in [3.05, 3.63) is 101 Å². The van der Waals surface area contributed by atoms with Gasteiger partial charge >= 0.3 is 0 Å². The third kappa shape index (κ3) is 5.73. The first-order valence-corrected chi connectivity index (χ1v) is 12.9. The van der Waals surface area contributed by atoms with Crippen LogP contribution in [-0.2, 0) is 16.2 Å². The van der Waals surface area contributed by atoms with Gasteiger partial charge in [-0.2, -0.15) is 0 Å². The number of carbonyl (C=O) groups is 2. The molecule has 1 amide bonds. The Morgan fingerprint density at radius 3 is 2.29 bits per heavy atom. The fourth-order valence-corrected chi connectivity index (χ4v) is 4.75. The minimum Gasteiger partial charge on any atom is -0.508 e. The van der Waals surface area contributed by atoms with Crippen molar-refractivity contribution in [2.24, 2.45) is 0 Å². The van der Waals surface area contributed by atoms with E-state index in [9.17, 15) is 19.8 Å². The van der Waals surface area contributed by atoms with Crippen LogP contribution in [0.2, 0.25) is 0 Å². The summed E-state index contributed by atoms with van der Waals surface area (Å²) in [6.45, 7) is 8.95. The van der Waals surface area contributed by atoms with Crippen LogP contribution in [0.4, 0.5) is 0 Å². The minimum atomic E-state index is -0.763. The van der Waals surface area contributed by atoms with E-state index >= 15 is 0 Å². The summed E-state index contributed by atoms with van der Waals surface area (Å²) in [5.41, 5.74) is 2.94. The highest BCUT2D eigenvalue weighted by atomic mass is 16.5. The van der Waals surface area contributed by atoms with Crippen LogP contribution in [-0.4, -0.2) is 57.9 Å². The zero-order valence-electron chi connectivity index (χ0n) is 22.1. The number of likely N-dealkylation sites (tertiary alicyclic amines) is 1. The lowest BCUT2D eigenvalue weighted by Crippen LogP contribution is -2.38. The molecule has 1 heterocycles. The van der Waals surface area contributed by atoms with Gasteiger partial charge < -0.3 is 24.7 Å². The standard InChI is InChI=1S/C31H34N2O5/c1-4-32(5-2)17-18-33-28(23-11-14-25(34)15-12-23)27(30(36)31(33)37)29(35)24-13-16-26(21(3)19-24)38-20-22-9-7-6-8-10-22/h6-16,19,28,34-35H,4-5,17-18,20H2,1-3H3/t28-/m0/s1. The predicted molar refractivity (Wildman–Crippen MR) is 147 cm³/mol. The molecule has 3 aromatic rings. The Balaban J connectivity index is 1.68. The monoisotopic (exact) mass is 514 g/mol. The number of aromatic hydroxyl groups is 1. The lowest BCUT2D eigenvalue weighted by atomic mass is 9.94. The maximum absolute atomic E-state index is 13.3. The number of phenolic OH excluding ortho intramolecular Hbond substituents is 1. The minimum absolute atomic E-state index is 0.0394. The summed E-state index contributed by atoms with van der Waals surface area (Å²) in [6.07, 6.45) is 0. The first kappa shape index (κ1) is 26.9. The maximum Gasteiger partial charge on any atom is 0.295 e. The number of Topliss-reactive ketones (excluding diaryl/α,β-unsaturated/α-hetero) is 1. The van der Waals surface area contributed by atoms with E-state index < -0.39 is 17.7 Å². The summed E-state index contributed by atoms with van der Waals surface area (Å²) in [7, 11) is 0. The number of aliphatic hydroxyl groups excluding tert-OH is 1. The molecule has 7 heteroatoms. The molecule has 198 valence electrons. The van der Waals surface area contributed by atoms with E-state index in [1.807, 2.05) is 51.1 Å². The van der Waals surface area contributed by atoms with Crippen LogP contribution >= 0.6 is 0 Å². The lowest BCUT2D eigenvalue weighted by Gasteiger charge is -2.28. The highest BCUT2D eigenvalue weighted by Crippen LogP contribution is 2.40. The lowest BCUT2D eigenvalue weighted by molar-refractivity contribution is -0.140. The third-order valence-electron chi connectivity index (χ3n) is 6.99. The van der Waals surface area contributed by atoms with Crippen molar-refractivity contribution in [1.82, 2.24) is 9.80 Å². The highest BCUT2D eigenvalue weighted by Gasteiger charge is 2.46. The number of phenols is 1. The smallest absolute Gasteiger partial charge is 0.295 e. The second-order valence-electron chi connectivity index (χ2n) is 9.37. The molecule has 1 fully saturated rings. The highest BCUT2D eigenvalue weighted by molar-refractivity contribution is 6.46. The van der Waals surface area contributed by atoms with E-state index in [4.69, 9.17) is 4.74 Å². The van der Waals surface area contributed by atoms with E-state index in [0.29, 0.717) is 36.6 Å². The largest absolute Gasteiger partial charge is 0.508 e. The first-order chi connectivity index (χ1) is 18.3. The molecule has 4 rings (SSSR count). The molecular formula is C31H34N2O5. The Morgan fingerprint density at radius 1 is 0.974 bits per heavy atom. The van der Waals surface area contributed by atoms with Crippen LogP contribution < -0.4 is 4.74 Å². The molecule has 0 radical (unpaired) electrons. The molecule has 3 aromatic carbocycles. The number of nitrogens with zero attached hydrogens (tertiary/aromatic N) is 2. The average molecular weight is 515 g/mol. The zero-order valence-corrected chi connectivity index (χ0v) is 22.1. The molecule has 1 aliphatic heterocycles. The topological polar surface area (TPSA) is 90.3 Å². The number of rotatable bonds is 10. The van der Waals surface area contributed by atoms with Gasteiger partial charge in [-0.15, -0.1) is 0 Å². The number of amides is 1. The van der Waals surface area contributed by atoms with E-state index in [0.717, 1.165) is 24.2 Å². The van der Waals surface area contributed by atoms with E-state index in [1.165, 1.54) is 17.0 Å². The van der Waals surface area contributed by atoms with Crippen LogP contribution in [0, 0.1) is 6.92 Å². The van der Waals surface area contributed by atoms with Crippen molar-refractivity contribution in [3.8, 4) is 11.5 Å². The van der Waals surface area contributed by atoms with Crippen molar-refractivity contribution < 1.29 is 24.5 Å². The molecule has 1 saturated heterocycles. The van der Waals surface area contributed by atoms with Gasteiger partial charge in [0.2, 0.25) is 0 Å². The number of aryl methyl sites for hydroxylation is 1. The number of carbonyl (C=O) groups excluding carboxylic acids is 2. The molecule has 0 bridgehead atoms. The van der Waals surface area contributed by atoms with Crippen molar-refractivity contribution in [2.75, 3.05) is 26.2 Å².